The molecule has 0 bridgehead atoms. The number of aryl methyl sites for hydroxylation is 1. The van der Waals surface area contributed by atoms with Crippen LogP contribution in [0.5, 0.6) is 0 Å². The Morgan fingerprint density at radius 1 is 1.15 bits per heavy atom. The first-order valence-corrected chi connectivity index (χ1v) is 12.4. The van der Waals surface area contributed by atoms with E-state index in [-0.39, 0.29) is 10.5 Å². The number of nitrogens with zero attached hydrogens (tertiary/aromatic N) is 4. The molecule has 1 aliphatic rings. The highest BCUT2D eigenvalue weighted by Gasteiger charge is 2.27. The fourth-order valence-corrected chi connectivity index (χ4v) is 5.52. The van der Waals surface area contributed by atoms with Crippen LogP contribution in [-0.4, -0.2) is 47.7 Å². The Hall–Kier alpha value is -3.01. The lowest BCUT2D eigenvalue weighted by Crippen LogP contribution is -2.28. The minimum atomic E-state index is -3.61. The molecular weight excluding hydrogens is 462 g/mol. The molecule has 8 nitrogen and oxygen atoms in total. The molecule has 1 aromatic heterocycles. The third-order valence-electron chi connectivity index (χ3n) is 5.44. The molecule has 0 aliphatic carbocycles. The van der Waals surface area contributed by atoms with E-state index in [1.54, 1.807) is 16.8 Å². The minimum absolute atomic E-state index is 0.0992. The van der Waals surface area contributed by atoms with E-state index < -0.39 is 15.9 Å². The van der Waals surface area contributed by atoms with Crippen LogP contribution in [0.4, 0.5) is 0 Å². The molecule has 4 rings (SSSR count). The van der Waals surface area contributed by atoms with Crippen molar-refractivity contribution in [3.8, 4) is 0 Å². The number of hydrogen-bond acceptors (Lipinski definition) is 5. The normalized spacial score (nSPS) is 14.7. The smallest absolute Gasteiger partial charge is 0.267 e. The third kappa shape index (κ3) is 5.16. The van der Waals surface area contributed by atoms with Crippen molar-refractivity contribution in [1.82, 2.24) is 19.5 Å². The first-order valence-electron chi connectivity index (χ1n) is 10.6. The number of nitrogens with one attached hydrogen (secondary N) is 1. The molecule has 33 heavy (non-hydrogen) atoms. The van der Waals surface area contributed by atoms with E-state index in [4.69, 9.17) is 11.6 Å². The average Bonchev–Trinajstić information content (AvgIpc) is 3.45. The quantitative estimate of drug-likeness (QED) is 0.409. The fraction of sp³-hybridized carbons (Fsp3) is 0.261. The molecule has 0 spiro atoms. The van der Waals surface area contributed by atoms with Crippen molar-refractivity contribution in [2.45, 2.75) is 31.2 Å². The summed E-state index contributed by atoms with van der Waals surface area (Å²) in [6.45, 7) is 3.32. The number of carbonyl (C=O) groups excluding carboxylic acids is 1. The van der Waals surface area contributed by atoms with Crippen molar-refractivity contribution >= 4 is 33.7 Å². The Labute approximate surface area is 197 Å². The predicted octanol–water partition coefficient (Wildman–Crippen LogP) is 3.44. The van der Waals surface area contributed by atoms with E-state index in [0.717, 1.165) is 18.4 Å². The molecule has 0 atom stereocenters. The van der Waals surface area contributed by atoms with E-state index >= 15 is 0 Å². The Bertz CT molecular complexity index is 1280. The molecule has 0 radical (unpaired) electrons. The summed E-state index contributed by atoms with van der Waals surface area (Å²) in [4.78, 5) is 12.7. The lowest BCUT2D eigenvalue weighted by molar-refractivity contribution is 0.0955. The number of hydrogen-bond donors (Lipinski definition) is 1. The van der Waals surface area contributed by atoms with Crippen LogP contribution in [0.15, 0.2) is 64.6 Å². The third-order valence-corrected chi connectivity index (χ3v) is 7.74. The van der Waals surface area contributed by atoms with Crippen LogP contribution < -0.4 is 5.43 Å². The van der Waals surface area contributed by atoms with Crippen molar-refractivity contribution < 1.29 is 13.2 Å². The van der Waals surface area contributed by atoms with Gasteiger partial charge >= 0.3 is 0 Å². The van der Waals surface area contributed by atoms with Gasteiger partial charge in [-0.1, -0.05) is 48.0 Å². The van der Waals surface area contributed by atoms with E-state index in [0.29, 0.717) is 36.0 Å². The predicted molar refractivity (Wildman–Crippen MR) is 127 cm³/mol. The second-order valence-electron chi connectivity index (χ2n) is 7.77. The molecule has 1 aliphatic heterocycles. The molecule has 172 valence electrons. The van der Waals surface area contributed by atoms with Crippen LogP contribution in [-0.2, 0) is 16.6 Å². The molecule has 1 fully saturated rings. The van der Waals surface area contributed by atoms with E-state index in [1.165, 1.54) is 22.7 Å². The van der Waals surface area contributed by atoms with Crippen molar-refractivity contribution in [2.24, 2.45) is 5.10 Å². The number of amides is 1. The van der Waals surface area contributed by atoms with Crippen LogP contribution >= 0.6 is 11.6 Å². The van der Waals surface area contributed by atoms with Crippen LogP contribution in [0.3, 0.4) is 0 Å². The SMILES string of the molecule is Cc1nn(Cc2ccccc2)c(Cl)c1/C=N\NC(=O)c1cccc(S(=O)(=O)N2CCCC2)c1. The van der Waals surface area contributed by atoms with Crippen molar-refractivity contribution in [3.05, 3.63) is 82.1 Å². The van der Waals surface area contributed by atoms with Gasteiger partial charge in [-0.2, -0.15) is 14.5 Å². The second kappa shape index (κ2) is 9.86. The minimum Gasteiger partial charge on any atom is -0.267 e. The van der Waals surface area contributed by atoms with Crippen molar-refractivity contribution in [3.63, 3.8) is 0 Å². The number of halogens is 1. The Kier molecular flexibility index (Phi) is 6.92. The molecular formula is C23H24ClN5O3S. The van der Waals surface area contributed by atoms with Gasteiger partial charge in [0.1, 0.15) is 5.15 Å². The Morgan fingerprint density at radius 3 is 2.61 bits per heavy atom. The van der Waals surface area contributed by atoms with Gasteiger partial charge in [-0.05, 0) is 43.5 Å². The summed E-state index contributed by atoms with van der Waals surface area (Å²) in [5, 5.41) is 8.86. The summed E-state index contributed by atoms with van der Waals surface area (Å²) in [5.74, 6) is -0.518. The van der Waals surface area contributed by atoms with Gasteiger partial charge in [0.25, 0.3) is 5.91 Å². The molecule has 1 amide bonds. The summed E-state index contributed by atoms with van der Waals surface area (Å²) < 4.78 is 28.6. The molecule has 10 heteroatoms. The number of aromatic nitrogens is 2. The largest absolute Gasteiger partial charge is 0.271 e. The number of sulfonamides is 1. The number of rotatable bonds is 7. The van der Waals surface area contributed by atoms with Crippen molar-refractivity contribution in [1.29, 1.82) is 0 Å². The van der Waals surface area contributed by atoms with Crippen LogP contribution in [0.1, 0.15) is 40.0 Å². The molecule has 0 saturated carbocycles. The first kappa shape index (κ1) is 23.2. The second-order valence-corrected chi connectivity index (χ2v) is 10.1. The zero-order valence-electron chi connectivity index (χ0n) is 18.1. The molecule has 1 saturated heterocycles. The maximum absolute atomic E-state index is 12.8. The number of benzene rings is 2. The summed E-state index contributed by atoms with van der Waals surface area (Å²) >= 11 is 6.47. The van der Waals surface area contributed by atoms with Crippen molar-refractivity contribution in [2.75, 3.05) is 13.1 Å². The summed E-state index contributed by atoms with van der Waals surface area (Å²) in [6, 6.07) is 15.8. The standard InChI is InChI=1S/C23H24ClN5O3S/c1-17-21(22(24)29(27-17)16-18-8-3-2-4-9-18)15-25-26-23(30)19-10-7-11-20(14-19)33(31,32)28-12-5-6-13-28/h2-4,7-11,14-15H,5-6,12-13,16H2,1H3,(H,26,30)/b25-15-. The molecule has 3 aromatic rings. The van der Waals surface area contributed by atoms with E-state index in [9.17, 15) is 13.2 Å². The highest BCUT2D eigenvalue weighted by Crippen LogP contribution is 2.22. The first-order chi connectivity index (χ1) is 15.9. The maximum Gasteiger partial charge on any atom is 0.271 e. The van der Waals surface area contributed by atoms with Gasteiger partial charge in [0.2, 0.25) is 10.0 Å². The zero-order valence-corrected chi connectivity index (χ0v) is 19.7. The fourth-order valence-electron chi connectivity index (χ4n) is 3.67. The average molecular weight is 486 g/mol. The van der Waals surface area contributed by atoms with Crippen LogP contribution in [0, 0.1) is 6.92 Å². The molecule has 2 heterocycles. The zero-order chi connectivity index (χ0) is 23.4. The van der Waals surface area contributed by atoms with Gasteiger partial charge in [-0.15, -0.1) is 0 Å². The molecule has 0 unspecified atom stereocenters. The van der Waals surface area contributed by atoms with E-state index in [1.807, 2.05) is 37.3 Å². The summed E-state index contributed by atoms with van der Waals surface area (Å²) in [7, 11) is -3.61. The Morgan fingerprint density at radius 2 is 1.88 bits per heavy atom. The lowest BCUT2D eigenvalue weighted by atomic mass is 10.2. The van der Waals surface area contributed by atoms with Gasteiger partial charge in [-0.3, -0.25) is 4.79 Å². The number of carbonyl (C=O) groups is 1. The highest BCUT2D eigenvalue weighted by atomic mass is 35.5. The Balaban J connectivity index is 1.46. The molecule has 2 aromatic carbocycles. The summed E-state index contributed by atoms with van der Waals surface area (Å²) in [6.07, 6.45) is 3.13. The topological polar surface area (TPSA) is 96.7 Å². The lowest BCUT2D eigenvalue weighted by Gasteiger charge is -2.15. The van der Waals surface area contributed by atoms with Gasteiger partial charge in [-0.25, -0.2) is 18.5 Å². The van der Waals surface area contributed by atoms with Crippen LogP contribution in [0.2, 0.25) is 5.15 Å². The van der Waals surface area contributed by atoms with Gasteiger partial charge in [0, 0.05) is 18.7 Å². The monoisotopic (exact) mass is 485 g/mol. The molecule has 1 N–H and O–H groups in total. The highest BCUT2D eigenvalue weighted by molar-refractivity contribution is 7.89. The number of hydrazone groups is 1. The van der Waals surface area contributed by atoms with E-state index in [2.05, 4.69) is 15.6 Å². The van der Waals surface area contributed by atoms with Gasteiger partial charge in [0.05, 0.1) is 28.9 Å². The van der Waals surface area contributed by atoms with Crippen LogP contribution in [0.25, 0.3) is 0 Å². The summed E-state index contributed by atoms with van der Waals surface area (Å²) in [5.41, 5.74) is 4.97. The maximum atomic E-state index is 12.8. The van der Waals surface area contributed by atoms with Gasteiger partial charge < -0.3 is 0 Å². The van der Waals surface area contributed by atoms with Gasteiger partial charge in [0.15, 0.2) is 0 Å².